The Labute approximate surface area is 111 Å². The monoisotopic (exact) mass is 263 g/mol. The van der Waals surface area contributed by atoms with Crippen LogP contribution in [0.3, 0.4) is 0 Å². The molecule has 0 bridgehead atoms. The van der Waals surface area contributed by atoms with Crippen molar-refractivity contribution >= 4 is 11.6 Å². The van der Waals surface area contributed by atoms with Gasteiger partial charge in [-0.3, -0.25) is 14.9 Å². The summed E-state index contributed by atoms with van der Waals surface area (Å²) >= 11 is 0. The topological polar surface area (TPSA) is 66.7 Å². The molecule has 1 fully saturated rings. The maximum atomic E-state index is 11.7. The molecule has 0 aliphatic carbocycles. The Hall–Kier alpha value is -2.11. The highest BCUT2D eigenvalue weighted by Crippen LogP contribution is 2.15. The van der Waals surface area contributed by atoms with Crippen LogP contribution in [-0.4, -0.2) is 48.5 Å². The highest BCUT2D eigenvalue weighted by Gasteiger charge is 2.21. The Bertz CT molecular complexity index is 442. The van der Waals surface area contributed by atoms with Crippen molar-refractivity contribution in [2.45, 2.75) is 6.42 Å². The molecule has 1 aromatic rings. The van der Waals surface area contributed by atoms with E-state index in [2.05, 4.69) is 4.90 Å². The Morgan fingerprint density at radius 3 is 2.37 bits per heavy atom. The summed E-state index contributed by atoms with van der Waals surface area (Å²) in [5.41, 5.74) is 1.15. The smallest absolute Gasteiger partial charge is 0.229 e. The maximum Gasteiger partial charge on any atom is 0.229 e. The van der Waals surface area contributed by atoms with Gasteiger partial charge in [-0.15, -0.1) is 0 Å². The molecule has 6 nitrogen and oxygen atoms in total. The van der Waals surface area contributed by atoms with Gasteiger partial charge in [0.15, 0.2) is 0 Å². The lowest BCUT2D eigenvalue weighted by molar-refractivity contribution is -0.478. The average molecular weight is 263 g/mol. The first-order valence-corrected chi connectivity index (χ1v) is 6.36. The van der Waals surface area contributed by atoms with E-state index in [1.165, 1.54) is 0 Å². The fraction of sp³-hybridized carbons (Fsp3) is 0.462. The number of hydrogen-bond acceptors (Lipinski definition) is 4. The van der Waals surface area contributed by atoms with Crippen LogP contribution in [0.2, 0.25) is 0 Å². The van der Waals surface area contributed by atoms with Gasteiger partial charge >= 0.3 is 0 Å². The number of nitrogens with zero attached hydrogens (tertiary/aromatic N) is 3. The highest BCUT2D eigenvalue weighted by molar-refractivity contribution is 5.76. The summed E-state index contributed by atoms with van der Waals surface area (Å²) in [7, 11) is 0. The van der Waals surface area contributed by atoms with E-state index in [0.717, 1.165) is 18.8 Å². The van der Waals surface area contributed by atoms with Crippen molar-refractivity contribution in [3.63, 3.8) is 0 Å². The molecular weight excluding hydrogens is 246 g/mol. The van der Waals surface area contributed by atoms with Crippen molar-refractivity contribution in [1.29, 1.82) is 0 Å². The summed E-state index contributed by atoms with van der Waals surface area (Å²) < 4.78 is 0. The van der Waals surface area contributed by atoms with Gasteiger partial charge in [0, 0.05) is 36.8 Å². The SMILES string of the molecule is O=C(CC[N+](=O)[O-])N1CCN(c2ccccc2)CC1. The zero-order chi connectivity index (χ0) is 13.7. The molecule has 0 unspecified atom stereocenters. The first-order chi connectivity index (χ1) is 9.16. The predicted octanol–water partition coefficient (Wildman–Crippen LogP) is 1.00. The maximum absolute atomic E-state index is 11.7. The van der Waals surface area contributed by atoms with Gasteiger partial charge in [0.25, 0.3) is 0 Å². The largest absolute Gasteiger partial charge is 0.368 e. The van der Waals surface area contributed by atoms with Gasteiger partial charge in [-0.1, -0.05) is 18.2 Å². The Morgan fingerprint density at radius 1 is 1.16 bits per heavy atom. The van der Waals surface area contributed by atoms with E-state index in [0.29, 0.717) is 13.1 Å². The lowest BCUT2D eigenvalue weighted by Crippen LogP contribution is -2.49. The fourth-order valence-electron chi connectivity index (χ4n) is 2.20. The van der Waals surface area contributed by atoms with Crippen molar-refractivity contribution < 1.29 is 9.72 Å². The second kappa shape index (κ2) is 6.17. The minimum absolute atomic E-state index is 0.00165. The molecule has 1 aromatic carbocycles. The van der Waals surface area contributed by atoms with Crippen LogP contribution in [0.1, 0.15) is 6.42 Å². The van der Waals surface area contributed by atoms with Crippen LogP contribution in [0.25, 0.3) is 0 Å². The lowest BCUT2D eigenvalue weighted by atomic mass is 10.2. The quantitative estimate of drug-likeness (QED) is 0.600. The molecule has 0 N–H and O–H groups in total. The summed E-state index contributed by atoms with van der Waals surface area (Å²) in [6.07, 6.45) is -0.00165. The standard InChI is InChI=1S/C13H17N3O3/c17-13(6-7-16(18)19)15-10-8-14(9-11-15)12-4-2-1-3-5-12/h1-5H,6-11H2. The van der Waals surface area contributed by atoms with Crippen molar-refractivity contribution in [2.75, 3.05) is 37.6 Å². The molecule has 0 aromatic heterocycles. The molecule has 0 atom stereocenters. The molecule has 0 radical (unpaired) electrons. The zero-order valence-electron chi connectivity index (χ0n) is 10.7. The van der Waals surface area contributed by atoms with Crippen molar-refractivity contribution in [3.05, 3.63) is 40.4 Å². The van der Waals surface area contributed by atoms with Gasteiger partial charge in [0.05, 0.1) is 6.42 Å². The van der Waals surface area contributed by atoms with Crippen LogP contribution >= 0.6 is 0 Å². The number of carbonyl (C=O) groups is 1. The van der Waals surface area contributed by atoms with Crippen molar-refractivity contribution in [1.82, 2.24) is 4.90 Å². The van der Waals surface area contributed by atoms with Crippen LogP contribution in [0, 0.1) is 10.1 Å². The number of piperazine rings is 1. The van der Waals surface area contributed by atoms with E-state index in [9.17, 15) is 14.9 Å². The fourth-order valence-corrected chi connectivity index (χ4v) is 2.20. The molecule has 1 heterocycles. The minimum Gasteiger partial charge on any atom is -0.368 e. The Kier molecular flexibility index (Phi) is 4.33. The molecular formula is C13H17N3O3. The van der Waals surface area contributed by atoms with Crippen LogP contribution in [0.15, 0.2) is 30.3 Å². The van der Waals surface area contributed by atoms with Gasteiger partial charge in [-0.05, 0) is 12.1 Å². The van der Waals surface area contributed by atoms with E-state index in [1.54, 1.807) is 4.90 Å². The predicted molar refractivity (Wildman–Crippen MR) is 71.7 cm³/mol. The van der Waals surface area contributed by atoms with Crippen LogP contribution in [0.5, 0.6) is 0 Å². The number of rotatable bonds is 4. The van der Waals surface area contributed by atoms with Crippen molar-refractivity contribution in [2.24, 2.45) is 0 Å². The van der Waals surface area contributed by atoms with Gasteiger partial charge in [0.2, 0.25) is 12.5 Å². The summed E-state index contributed by atoms with van der Waals surface area (Å²) in [6.45, 7) is 2.52. The van der Waals surface area contributed by atoms with E-state index in [4.69, 9.17) is 0 Å². The number of para-hydroxylation sites is 1. The number of carbonyl (C=O) groups excluding carboxylic acids is 1. The van der Waals surface area contributed by atoms with E-state index in [-0.39, 0.29) is 18.9 Å². The molecule has 6 heteroatoms. The van der Waals surface area contributed by atoms with Crippen LogP contribution in [-0.2, 0) is 4.79 Å². The third-order valence-corrected chi connectivity index (χ3v) is 3.26. The molecule has 1 amide bonds. The molecule has 0 saturated carbocycles. The molecule has 2 rings (SSSR count). The normalized spacial score (nSPS) is 15.4. The third-order valence-electron chi connectivity index (χ3n) is 3.26. The number of benzene rings is 1. The van der Waals surface area contributed by atoms with Gasteiger partial charge in [-0.2, -0.15) is 0 Å². The zero-order valence-corrected chi connectivity index (χ0v) is 10.7. The third kappa shape index (κ3) is 3.67. The number of amides is 1. The second-order valence-electron chi connectivity index (χ2n) is 4.51. The second-order valence-corrected chi connectivity index (χ2v) is 4.51. The van der Waals surface area contributed by atoms with Gasteiger partial charge in [-0.25, -0.2) is 0 Å². The Balaban J connectivity index is 1.82. The summed E-state index contributed by atoms with van der Waals surface area (Å²) in [6, 6.07) is 10.0. The molecule has 102 valence electrons. The molecule has 19 heavy (non-hydrogen) atoms. The Morgan fingerprint density at radius 2 is 1.79 bits per heavy atom. The van der Waals surface area contributed by atoms with E-state index < -0.39 is 4.92 Å². The van der Waals surface area contributed by atoms with Crippen molar-refractivity contribution in [3.8, 4) is 0 Å². The molecule has 1 aliphatic heterocycles. The molecule has 1 saturated heterocycles. The van der Waals surface area contributed by atoms with Gasteiger partial charge < -0.3 is 9.80 Å². The van der Waals surface area contributed by atoms with E-state index >= 15 is 0 Å². The van der Waals surface area contributed by atoms with E-state index in [1.807, 2.05) is 30.3 Å². The lowest BCUT2D eigenvalue weighted by Gasteiger charge is -2.36. The molecule has 1 aliphatic rings. The number of anilines is 1. The number of hydrogen-bond donors (Lipinski definition) is 0. The van der Waals surface area contributed by atoms with Crippen LogP contribution in [0.4, 0.5) is 5.69 Å². The first-order valence-electron chi connectivity index (χ1n) is 6.36. The van der Waals surface area contributed by atoms with Crippen LogP contribution < -0.4 is 4.90 Å². The molecule has 0 spiro atoms. The van der Waals surface area contributed by atoms with Gasteiger partial charge in [0.1, 0.15) is 0 Å². The summed E-state index contributed by atoms with van der Waals surface area (Å²) in [5.74, 6) is -0.121. The number of nitro groups is 1. The minimum atomic E-state index is -0.446. The summed E-state index contributed by atoms with van der Waals surface area (Å²) in [4.78, 5) is 25.5. The summed E-state index contributed by atoms with van der Waals surface area (Å²) in [5, 5.41) is 10.3. The first kappa shape index (κ1) is 13.3. The average Bonchev–Trinajstić information content (AvgIpc) is 2.46. The highest BCUT2D eigenvalue weighted by atomic mass is 16.6.